The second-order valence-electron chi connectivity index (χ2n) is 4.22. The molecule has 0 saturated heterocycles. The minimum atomic E-state index is -1.01. The first-order valence-electron chi connectivity index (χ1n) is 5.86. The van der Waals surface area contributed by atoms with Crippen LogP contribution in [0.4, 0.5) is 15.6 Å². The van der Waals surface area contributed by atoms with Crippen LogP contribution in [0.5, 0.6) is 0 Å². The molecule has 0 unspecified atom stereocenters. The van der Waals surface area contributed by atoms with Crippen LogP contribution >= 0.6 is 11.3 Å². The summed E-state index contributed by atoms with van der Waals surface area (Å²) in [4.78, 5) is 24.7. The van der Waals surface area contributed by atoms with Gasteiger partial charge in [0.2, 0.25) is 5.13 Å². The van der Waals surface area contributed by atoms with Crippen molar-refractivity contribution in [3.8, 4) is 0 Å². The number of aromatic nitrogens is 2. The molecule has 0 spiro atoms. The summed E-state index contributed by atoms with van der Waals surface area (Å²) in [6.07, 6.45) is 0.707. The number of nitrogens with one attached hydrogen (secondary N) is 1. The first-order valence-corrected chi connectivity index (χ1v) is 6.74. The van der Waals surface area contributed by atoms with Crippen LogP contribution in [0.3, 0.4) is 0 Å². The van der Waals surface area contributed by atoms with Gasteiger partial charge >= 0.3 is 12.0 Å². The molecule has 0 aliphatic carbocycles. The first-order chi connectivity index (χ1) is 9.65. The second-order valence-corrected chi connectivity index (χ2v) is 5.06. The molecular weight excluding hydrogens is 280 g/mol. The van der Waals surface area contributed by atoms with E-state index in [0.29, 0.717) is 23.8 Å². The maximum absolute atomic E-state index is 12.2. The van der Waals surface area contributed by atoms with Crippen molar-refractivity contribution >= 4 is 34.2 Å². The predicted octanol–water partition coefficient (Wildman–Crippen LogP) is 1.83. The standard InChI is InChI=1S/C12H10N4O3S/c17-10(18)8-2-1-7-3-4-16(9(7)5-8)12(19)14-11-15-13-6-20-11/h1-2,5-6H,3-4H2,(H,17,18)(H,14,15,19). The van der Waals surface area contributed by atoms with Crippen LogP contribution in [0, 0.1) is 0 Å². The average Bonchev–Trinajstić information content (AvgIpc) is 3.06. The molecule has 2 heterocycles. The van der Waals surface area contributed by atoms with Crippen LogP contribution in [0.1, 0.15) is 15.9 Å². The quantitative estimate of drug-likeness (QED) is 0.879. The van der Waals surface area contributed by atoms with E-state index in [0.717, 1.165) is 5.56 Å². The zero-order chi connectivity index (χ0) is 14.1. The number of hydrogen-bond acceptors (Lipinski definition) is 5. The van der Waals surface area contributed by atoms with Gasteiger partial charge in [-0.1, -0.05) is 17.4 Å². The Kier molecular flexibility index (Phi) is 3.07. The number of benzene rings is 1. The van der Waals surface area contributed by atoms with E-state index in [1.165, 1.54) is 27.8 Å². The van der Waals surface area contributed by atoms with E-state index < -0.39 is 5.97 Å². The minimum absolute atomic E-state index is 0.166. The molecule has 0 bridgehead atoms. The van der Waals surface area contributed by atoms with E-state index in [9.17, 15) is 9.59 Å². The van der Waals surface area contributed by atoms with Gasteiger partial charge in [0.15, 0.2) is 0 Å². The normalized spacial score (nSPS) is 13.1. The highest BCUT2D eigenvalue weighted by atomic mass is 32.1. The van der Waals surface area contributed by atoms with E-state index in [4.69, 9.17) is 5.11 Å². The fourth-order valence-corrected chi connectivity index (χ4v) is 2.54. The SMILES string of the molecule is O=C(O)c1ccc2c(c1)N(C(=O)Nc1nncs1)CC2. The predicted molar refractivity (Wildman–Crippen MR) is 73.4 cm³/mol. The summed E-state index contributed by atoms with van der Waals surface area (Å²) in [6, 6.07) is 4.48. The van der Waals surface area contributed by atoms with Crippen LogP contribution in [0.2, 0.25) is 0 Å². The number of anilines is 2. The van der Waals surface area contributed by atoms with Gasteiger partial charge in [-0.3, -0.25) is 10.2 Å². The van der Waals surface area contributed by atoms with Gasteiger partial charge in [0.05, 0.1) is 5.56 Å². The molecule has 2 N–H and O–H groups in total. The second kappa shape index (κ2) is 4.89. The third-order valence-electron chi connectivity index (χ3n) is 3.05. The van der Waals surface area contributed by atoms with Crippen molar-refractivity contribution in [3.63, 3.8) is 0 Å². The highest BCUT2D eigenvalue weighted by Crippen LogP contribution is 2.29. The molecule has 1 aromatic heterocycles. The first kappa shape index (κ1) is 12.5. The van der Waals surface area contributed by atoms with Gasteiger partial charge in [-0.05, 0) is 24.1 Å². The maximum Gasteiger partial charge on any atom is 0.335 e. The molecule has 2 amide bonds. The Bertz CT molecular complexity index is 671. The molecule has 0 saturated carbocycles. The molecule has 1 aliphatic rings. The number of aromatic carboxylic acids is 1. The monoisotopic (exact) mass is 290 g/mol. The van der Waals surface area contributed by atoms with Crippen molar-refractivity contribution in [1.82, 2.24) is 10.2 Å². The molecule has 8 heteroatoms. The number of carbonyl (C=O) groups is 2. The van der Waals surface area contributed by atoms with Crippen LogP contribution < -0.4 is 10.2 Å². The highest BCUT2D eigenvalue weighted by molar-refractivity contribution is 7.13. The van der Waals surface area contributed by atoms with Crippen LogP contribution in [0.25, 0.3) is 0 Å². The van der Waals surface area contributed by atoms with Crippen molar-refractivity contribution in [2.45, 2.75) is 6.42 Å². The Hall–Kier alpha value is -2.48. The summed E-state index contributed by atoms with van der Waals surface area (Å²) in [6.45, 7) is 0.517. The zero-order valence-corrected chi connectivity index (χ0v) is 11.1. The number of carbonyl (C=O) groups excluding carboxylic acids is 1. The Morgan fingerprint density at radius 3 is 2.95 bits per heavy atom. The van der Waals surface area contributed by atoms with Gasteiger partial charge < -0.3 is 5.11 Å². The minimum Gasteiger partial charge on any atom is -0.478 e. The summed E-state index contributed by atoms with van der Waals surface area (Å²) in [5.74, 6) is -1.01. The molecule has 102 valence electrons. The van der Waals surface area contributed by atoms with Crippen LogP contribution in [0.15, 0.2) is 23.7 Å². The van der Waals surface area contributed by atoms with Crippen molar-refractivity contribution in [3.05, 3.63) is 34.8 Å². The molecule has 7 nitrogen and oxygen atoms in total. The molecule has 20 heavy (non-hydrogen) atoms. The van der Waals surface area contributed by atoms with Gasteiger partial charge in [-0.2, -0.15) is 0 Å². The number of fused-ring (bicyclic) bond motifs is 1. The van der Waals surface area contributed by atoms with Crippen molar-refractivity contribution in [2.24, 2.45) is 0 Å². The fourth-order valence-electron chi connectivity index (χ4n) is 2.11. The Morgan fingerprint density at radius 2 is 2.25 bits per heavy atom. The lowest BCUT2D eigenvalue weighted by Crippen LogP contribution is -2.33. The average molecular weight is 290 g/mol. The number of amides is 2. The number of nitrogens with zero attached hydrogens (tertiary/aromatic N) is 3. The van der Waals surface area contributed by atoms with Crippen LogP contribution in [-0.4, -0.2) is 33.8 Å². The third kappa shape index (κ3) is 2.21. The van der Waals surface area contributed by atoms with Crippen LogP contribution in [-0.2, 0) is 6.42 Å². The number of carboxylic acid groups (broad SMARTS) is 1. The zero-order valence-electron chi connectivity index (χ0n) is 10.2. The summed E-state index contributed by atoms with van der Waals surface area (Å²) < 4.78 is 0. The number of rotatable bonds is 2. The van der Waals surface area contributed by atoms with E-state index >= 15 is 0 Å². The fraction of sp³-hybridized carbons (Fsp3) is 0.167. The molecule has 2 aromatic rings. The van der Waals surface area contributed by atoms with Gasteiger partial charge in [0.1, 0.15) is 5.51 Å². The summed E-state index contributed by atoms with van der Waals surface area (Å²) in [5, 5.41) is 19.5. The van der Waals surface area contributed by atoms with E-state index in [2.05, 4.69) is 15.5 Å². The lowest BCUT2D eigenvalue weighted by molar-refractivity contribution is 0.0697. The number of carboxylic acids is 1. The smallest absolute Gasteiger partial charge is 0.335 e. The number of hydrogen-bond donors (Lipinski definition) is 2. The Morgan fingerprint density at radius 1 is 1.40 bits per heavy atom. The molecule has 1 aromatic carbocycles. The van der Waals surface area contributed by atoms with Gasteiger partial charge in [-0.15, -0.1) is 10.2 Å². The molecule has 1 aliphatic heterocycles. The summed E-state index contributed by atoms with van der Waals surface area (Å²) in [7, 11) is 0. The largest absolute Gasteiger partial charge is 0.478 e. The van der Waals surface area contributed by atoms with Crippen molar-refractivity contribution in [2.75, 3.05) is 16.8 Å². The molecule has 0 radical (unpaired) electrons. The molecule has 0 atom stereocenters. The van der Waals surface area contributed by atoms with E-state index in [1.54, 1.807) is 12.1 Å². The van der Waals surface area contributed by atoms with Crippen molar-refractivity contribution < 1.29 is 14.7 Å². The van der Waals surface area contributed by atoms with Gasteiger partial charge in [0.25, 0.3) is 0 Å². The maximum atomic E-state index is 12.2. The number of urea groups is 1. The van der Waals surface area contributed by atoms with Crippen molar-refractivity contribution in [1.29, 1.82) is 0 Å². The Labute approximate surface area is 117 Å². The van der Waals surface area contributed by atoms with Gasteiger partial charge in [-0.25, -0.2) is 9.59 Å². The Balaban J connectivity index is 1.86. The summed E-state index contributed by atoms with van der Waals surface area (Å²) in [5.41, 5.74) is 3.28. The lowest BCUT2D eigenvalue weighted by Gasteiger charge is -2.17. The van der Waals surface area contributed by atoms with E-state index in [1.807, 2.05) is 0 Å². The summed E-state index contributed by atoms with van der Waals surface area (Å²) >= 11 is 1.22. The van der Waals surface area contributed by atoms with Gasteiger partial charge in [0, 0.05) is 12.2 Å². The highest BCUT2D eigenvalue weighted by Gasteiger charge is 2.26. The van der Waals surface area contributed by atoms with E-state index in [-0.39, 0.29) is 11.6 Å². The third-order valence-corrected chi connectivity index (χ3v) is 3.65. The topological polar surface area (TPSA) is 95.4 Å². The molecular formula is C12H10N4O3S. The molecule has 3 rings (SSSR count). The molecule has 0 fully saturated rings. The lowest BCUT2D eigenvalue weighted by atomic mass is 10.1.